The molecule has 3 rings (SSSR count). The lowest BCUT2D eigenvalue weighted by atomic mass is 9.85. The quantitative estimate of drug-likeness (QED) is 0.839. The number of benzene rings is 1. The van der Waals surface area contributed by atoms with E-state index in [1.54, 1.807) is 4.90 Å². The van der Waals surface area contributed by atoms with Gasteiger partial charge in [0.2, 0.25) is 5.91 Å². The second-order valence-electron chi connectivity index (χ2n) is 5.82. The fourth-order valence-corrected chi connectivity index (χ4v) is 3.01. The van der Waals surface area contributed by atoms with Gasteiger partial charge in [-0.05, 0) is 26.3 Å². The molecule has 2 aliphatic heterocycles. The highest BCUT2D eigenvalue weighted by atomic mass is 16.5. The summed E-state index contributed by atoms with van der Waals surface area (Å²) in [6, 6.07) is 7.37. The van der Waals surface area contributed by atoms with E-state index in [9.17, 15) is 9.90 Å². The average molecular weight is 261 g/mol. The number of para-hydroxylation sites is 1. The van der Waals surface area contributed by atoms with Crippen molar-refractivity contribution < 1.29 is 14.6 Å². The zero-order chi connectivity index (χ0) is 13.6. The fourth-order valence-electron chi connectivity index (χ4n) is 3.01. The number of hydrogen-bond donors (Lipinski definition) is 1. The molecule has 1 N–H and O–H groups in total. The molecule has 2 atom stereocenters. The van der Waals surface area contributed by atoms with Crippen LogP contribution in [0.3, 0.4) is 0 Å². The van der Waals surface area contributed by atoms with E-state index < -0.39 is 11.7 Å². The van der Waals surface area contributed by atoms with E-state index in [0.29, 0.717) is 13.0 Å². The smallest absolute Gasteiger partial charge is 0.223 e. The van der Waals surface area contributed by atoms with Crippen molar-refractivity contribution in [2.24, 2.45) is 0 Å². The summed E-state index contributed by atoms with van der Waals surface area (Å²) in [6.07, 6.45) is 0.725. The van der Waals surface area contributed by atoms with Crippen molar-refractivity contribution in [2.45, 2.75) is 44.4 Å². The van der Waals surface area contributed by atoms with Crippen molar-refractivity contribution in [3.8, 4) is 5.75 Å². The number of aliphatic hydroxyl groups is 1. The Morgan fingerprint density at radius 2 is 2.11 bits per heavy atom. The average Bonchev–Trinajstić information content (AvgIpc) is 2.77. The lowest BCUT2D eigenvalue weighted by Crippen LogP contribution is -2.53. The van der Waals surface area contributed by atoms with E-state index in [4.69, 9.17) is 4.74 Å². The second-order valence-corrected chi connectivity index (χ2v) is 5.82. The molecule has 1 aromatic carbocycles. The van der Waals surface area contributed by atoms with Crippen LogP contribution in [0.15, 0.2) is 24.3 Å². The molecule has 1 aromatic rings. The van der Waals surface area contributed by atoms with Crippen LogP contribution < -0.4 is 4.74 Å². The first-order valence-electron chi connectivity index (χ1n) is 6.76. The third-order valence-corrected chi connectivity index (χ3v) is 4.07. The fraction of sp³-hybridized carbons (Fsp3) is 0.533. The molecule has 0 unspecified atom stereocenters. The van der Waals surface area contributed by atoms with Crippen molar-refractivity contribution in [3.63, 3.8) is 0 Å². The highest BCUT2D eigenvalue weighted by Gasteiger charge is 2.47. The Hall–Kier alpha value is -1.55. The first-order chi connectivity index (χ1) is 9.00. The van der Waals surface area contributed by atoms with Gasteiger partial charge in [-0.15, -0.1) is 0 Å². The molecular formula is C15H19NO3. The topological polar surface area (TPSA) is 49.8 Å². The highest BCUT2D eigenvalue weighted by molar-refractivity contribution is 5.79. The first kappa shape index (κ1) is 12.5. The molecule has 2 aliphatic rings. The summed E-state index contributed by atoms with van der Waals surface area (Å²) in [4.78, 5) is 13.8. The zero-order valence-electron chi connectivity index (χ0n) is 11.3. The van der Waals surface area contributed by atoms with Gasteiger partial charge in [-0.1, -0.05) is 18.2 Å². The molecule has 4 nitrogen and oxygen atoms in total. The summed E-state index contributed by atoms with van der Waals surface area (Å²) in [5.41, 5.74) is 0.214. The van der Waals surface area contributed by atoms with Gasteiger partial charge < -0.3 is 14.7 Å². The van der Waals surface area contributed by atoms with Crippen LogP contribution in [0.1, 0.15) is 38.3 Å². The van der Waals surface area contributed by atoms with Gasteiger partial charge in [0, 0.05) is 18.5 Å². The molecule has 4 heteroatoms. The minimum absolute atomic E-state index is 0.122. The number of fused-ring (bicyclic) bond motifs is 1. The van der Waals surface area contributed by atoms with Crippen LogP contribution in [0, 0.1) is 0 Å². The Kier molecular flexibility index (Phi) is 2.78. The maximum atomic E-state index is 12.0. The van der Waals surface area contributed by atoms with E-state index in [1.165, 1.54) is 0 Å². The summed E-state index contributed by atoms with van der Waals surface area (Å²) < 4.78 is 5.87. The minimum Gasteiger partial charge on any atom is -0.485 e. The minimum atomic E-state index is -0.718. The van der Waals surface area contributed by atoms with Crippen molar-refractivity contribution in [1.29, 1.82) is 0 Å². The van der Waals surface area contributed by atoms with Crippen molar-refractivity contribution >= 4 is 5.91 Å². The third kappa shape index (κ3) is 1.91. The number of rotatable bonds is 1. The second kappa shape index (κ2) is 4.23. The Morgan fingerprint density at radius 1 is 1.37 bits per heavy atom. The van der Waals surface area contributed by atoms with E-state index in [0.717, 1.165) is 17.7 Å². The van der Waals surface area contributed by atoms with Gasteiger partial charge in [0.25, 0.3) is 0 Å². The van der Waals surface area contributed by atoms with Gasteiger partial charge in [-0.25, -0.2) is 0 Å². The largest absolute Gasteiger partial charge is 0.485 e. The van der Waals surface area contributed by atoms with Crippen molar-refractivity contribution in [3.05, 3.63) is 29.8 Å². The number of likely N-dealkylation sites (tertiary alicyclic amines) is 1. The molecule has 19 heavy (non-hydrogen) atoms. The van der Waals surface area contributed by atoms with Crippen molar-refractivity contribution in [1.82, 2.24) is 4.90 Å². The summed E-state index contributed by atoms with van der Waals surface area (Å²) in [5, 5.41) is 10.6. The van der Waals surface area contributed by atoms with E-state index in [2.05, 4.69) is 0 Å². The zero-order valence-corrected chi connectivity index (χ0v) is 11.3. The number of aliphatic hydroxyl groups excluding tert-OH is 1. The van der Waals surface area contributed by atoms with E-state index in [-0.39, 0.29) is 11.9 Å². The normalized spacial score (nSPS) is 29.0. The van der Waals surface area contributed by atoms with E-state index in [1.807, 2.05) is 38.1 Å². The molecule has 2 heterocycles. The summed E-state index contributed by atoms with van der Waals surface area (Å²) in [6.45, 7) is 4.44. The summed E-state index contributed by atoms with van der Waals surface area (Å²) in [7, 11) is 0. The van der Waals surface area contributed by atoms with Crippen LogP contribution in [0.25, 0.3) is 0 Å². The Labute approximate surface area is 113 Å². The monoisotopic (exact) mass is 261 g/mol. The predicted molar refractivity (Wildman–Crippen MR) is 70.8 cm³/mol. The highest BCUT2D eigenvalue weighted by Crippen LogP contribution is 2.43. The van der Waals surface area contributed by atoms with Gasteiger partial charge >= 0.3 is 0 Å². The molecule has 0 aromatic heterocycles. The van der Waals surface area contributed by atoms with Gasteiger partial charge in [0.05, 0.1) is 6.04 Å². The first-order valence-corrected chi connectivity index (χ1v) is 6.76. The number of amides is 1. The number of hydrogen-bond acceptors (Lipinski definition) is 3. The lowest BCUT2D eigenvalue weighted by molar-refractivity contribution is -0.139. The molecule has 0 aliphatic carbocycles. The molecular weight excluding hydrogens is 242 g/mol. The molecule has 1 saturated heterocycles. The Bertz CT molecular complexity index is 512. The lowest BCUT2D eigenvalue weighted by Gasteiger charge is -2.45. The molecule has 0 bridgehead atoms. The van der Waals surface area contributed by atoms with Crippen LogP contribution in [0.4, 0.5) is 0 Å². The summed E-state index contributed by atoms with van der Waals surface area (Å²) >= 11 is 0. The van der Waals surface area contributed by atoms with Crippen LogP contribution in [0.2, 0.25) is 0 Å². The molecule has 1 amide bonds. The van der Waals surface area contributed by atoms with E-state index >= 15 is 0 Å². The molecule has 1 fully saturated rings. The summed E-state index contributed by atoms with van der Waals surface area (Å²) in [5.74, 6) is 0.888. The SMILES string of the molecule is CC1(C)Oc2ccccc2[C@H](N2CCCC2=O)[C@H]1O. The maximum absolute atomic E-state index is 12.0. The van der Waals surface area contributed by atoms with Gasteiger partial charge in [-0.3, -0.25) is 4.79 Å². The van der Waals surface area contributed by atoms with Crippen LogP contribution in [-0.4, -0.2) is 34.2 Å². The maximum Gasteiger partial charge on any atom is 0.223 e. The standard InChI is InChI=1S/C15H19NO3/c1-15(2)14(18)13(16-9-5-8-12(16)17)10-6-3-4-7-11(10)19-15/h3-4,6-7,13-14,18H,5,8-9H2,1-2H3/t13-,14+/m0/s1. The van der Waals surface area contributed by atoms with Crippen LogP contribution in [-0.2, 0) is 4.79 Å². The van der Waals surface area contributed by atoms with Gasteiger partial charge in [-0.2, -0.15) is 0 Å². The number of carbonyl (C=O) groups is 1. The Morgan fingerprint density at radius 3 is 2.79 bits per heavy atom. The third-order valence-electron chi connectivity index (χ3n) is 4.07. The van der Waals surface area contributed by atoms with Gasteiger partial charge in [0.1, 0.15) is 17.5 Å². The van der Waals surface area contributed by atoms with Crippen LogP contribution >= 0.6 is 0 Å². The predicted octanol–water partition coefficient (Wildman–Crippen LogP) is 1.88. The molecule has 102 valence electrons. The number of nitrogens with zero attached hydrogens (tertiary/aromatic N) is 1. The van der Waals surface area contributed by atoms with Gasteiger partial charge in [0.15, 0.2) is 0 Å². The van der Waals surface area contributed by atoms with Crippen molar-refractivity contribution in [2.75, 3.05) is 6.54 Å². The molecule has 0 saturated carbocycles. The molecule has 0 radical (unpaired) electrons. The number of ether oxygens (including phenoxy) is 1. The van der Waals surface area contributed by atoms with Crippen LogP contribution in [0.5, 0.6) is 5.75 Å². The Balaban J connectivity index is 2.08. The number of carbonyl (C=O) groups excluding carboxylic acids is 1. The molecule has 0 spiro atoms.